The van der Waals surface area contributed by atoms with Gasteiger partial charge in [0.25, 0.3) is 0 Å². The van der Waals surface area contributed by atoms with Gasteiger partial charge >= 0.3 is 0 Å². The number of carbonyl (C=O) groups excluding carboxylic acids is 1. The summed E-state index contributed by atoms with van der Waals surface area (Å²) in [5.41, 5.74) is 1.26. The molecule has 2 aromatic carbocycles. The maximum atomic E-state index is 12.4. The van der Waals surface area contributed by atoms with Crippen LogP contribution in [0.25, 0.3) is 0 Å². The van der Waals surface area contributed by atoms with E-state index in [4.69, 9.17) is 9.47 Å². The van der Waals surface area contributed by atoms with Gasteiger partial charge in [-0.15, -0.1) is 0 Å². The van der Waals surface area contributed by atoms with E-state index in [0.29, 0.717) is 30.1 Å². The molecule has 2 N–H and O–H groups in total. The summed E-state index contributed by atoms with van der Waals surface area (Å²) in [6, 6.07) is 16.1. The molecule has 0 saturated carbocycles. The number of morpholine rings is 1. The molecule has 2 aromatic rings. The number of benzene rings is 2. The lowest BCUT2D eigenvalue weighted by Gasteiger charge is -2.33. The molecule has 1 saturated heterocycles. The number of carbonyl (C=O) groups is 1. The summed E-state index contributed by atoms with van der Waals surface area (Å²) in [4.78, 5) is 12.4. The van der Waals surface area contributed by atoms with E-state index in [1.54, 1.807) is 43.3 Å². The summed E-state index contributed by atoms with van der Waals surface area (Å²) >= 11 is 0. The Balaban J connectivity index is 1.69. The van der Waals surface area contributed by atoms with Gasteiger partial charge in [0, 0.05) is 17.7 Å². The fourth-order valence-electron chi connectivity index (χ4n) is 2.91. The second-order valence-corrected chi connectivity index (χ2v) is 6.18. The molecular formula is C20H23NO4. The first-order valence-electron chi connectivity index (χ1n) is 8.51. The third-order valence-electron chi connectivity index (χ3n) is 4.25. The summed E-state index contributed by atoms with van der Waals surface area (Å²) in [5.74, 6) is 0.587. The Hall–Kier alpha value is -2.21. The molecule has 5 nitrogen and oxygen atoms in total. The summed E-state index contributed by atoms with van der Waals surface area (Å²) in [6.07, 6.45) is -1.07. The summed E-state index contributed by atoms with van der Waals surface area (Å²) < 4.78 is 11.4. The zero-order chi connectivity index (χ0) is 17.6. The van der Waals surface area contributed by atoms with E-state index in [0.717, 1.165) is 6.54 Å². The zero-order valence-electron chi connectivity index (χ0n) is 14.2. The minimum atomic E-state index is -0.648. The number of aliphatic hydroxyl groups is 1. The van der Waals surface area contributed by atoms with Crippen molar-refractivity contribution in [2.45, 2.75) is 25.2 Å². The lowest BCUT2D eigenvalue weighted by molar-refractivity contribution is -0.0231. The Kier molecular flexibility index (Phi) is 5.81. The summed E-state index contributed by atoms with van der Waals surface area (Å²) in [5, 5.41) is 13.4. The van der Waals surface area contributed by atoms with E-state index < -0.39 is 12.2 Å². The lowest BCUT2D eigenvalue weighted by Crippen LogP contribution is -2.54. The largest absolute Gasteiger partial charge is 0.486 e. The fraction of sp³-hybridized carbons (Fsp3) is 0.350. The Labute approximate surface area is 147 Å². The Bertz CT molecular complexity index is 679. The number of nitrogens with one attached hydrogen (secondary N) is 1. The van der Waals surface area contributed by atoms with Gasteiger partial charge < -0.3 is 19.9 Å². The predicted molar refractivity (Wildman–Crippen MR) is 95.0 cm³/mol. The van der Waals surface area contributed by atoms with E-state index in [9.17, 15) is 9.90 Å². The average molecular weight is 341 g/mol. The molecule has 1 aliphatic heterocycles. The van der Waals surface area contributed by atoms with Crippen molar-refractivity contribution in [3.63, 3.8) is 0 Å². The molecule has 3 atom stereocenters. The molecule has 1 aliphatic rings. The monoisotopic (exact) mass is 341 g/mol. The maximum Gasteiger partial charge on any atom is 0.193 e. The predicted octanol–water partition coefficient (Wildman–Crippen LogP) is 2.03. The molecule has 0 amide bonds. The molecular weight excluding hydrogens is 318 g/mol. The summed E-state index contributed by atoms with van der Waals surface area (Å²) in [6.45, 7) is 3.61. The minimum Gasteiger partial charge on any atom is -0.486 e. The number of rotatable bonds is 6. The minimum absolute atomic E-state index is 0.0263. The molecule has 25 heavy (non-hydrogen) atoms. The van der Waals surface area contributed by atoms with Gasteiger partial charge in [0.2, 0.25) is 0 Å². The van der Waals surface area contributed by atoms with Crippen LogP contribution in [0.2, 0.25) is 0 Å². The van der Waals surface area contributed by atoms with Gasteiger partial charge in [-0.25, -0.2) is 0 Å². The highest BCUT2D eigenvalue weighted by Gasteiger charge is 2.29. The Morgan fingerprint density at radius 2 is 1.84 bits per heavy atom. The van der Waals surface area contributed by atoms with E-state index in [2.05, 4.69) is 5.32 Å². The van der Waals surface area contributed by atoms with E-state index >= 15 is 0 Å². The second-order valence-electron chi connectivity index (χ2n) is 6.18. The quantitative estimate of drug-likeness (QED) is 0.787. The van der Waals surface area contributed by atoms with E-state index in [1.165, 1.54) is 0 Å². The molecule has 1 heterocycles. The molecule has 5 heteroatoms. The number of ether oxygens (including phenoxy) is 2. The van der Waals surface area contributed by atoms with Gasteiger partial charge in [-0.3, -0.25) is 4.79 Å². The molecule has 3 unspecified atom stereocenters. The van der Waals surface area contributed by atoms with Gasteiger partial charge in [-0.2, -0.15) is 0 Å². The normalized spacial score (nSPS) is 19.8. The van der Waals surface area contributed by atoms with Crippen LogP contribution < -0.4 is 10.1 Å². The molecule has 0 aromatic heterocycles. The van der Waals surface area contributed by atoms with Crippen LogP contribution in [-0.2, 0) is 4.74 Å². The van der Waals surface area contributed by atoms with Gasteiger partial charge in [0.05, 0.1) is 25.4 Å². The molecule has 0 aliphatic carbocycles. The number of hydrogen-bond donors (Lipinski definition) is 2. The second kappa shape index (κ2) is 8.25. The highest BCUT2D eigenvalue weighted by atomic mass is 16.5. The number of ketones is 1. The van der Waals surface area contributed by atoms with Gasteiger partial charge in [0.15, 0.2) is 5.78 Å². The van der Waals surface area contributed by atoms with Crippen molar-refractivity contribution in [2.24, 2.45) is 0 Å². The van der Waals surface area contributed by atoms with Gasteiger partial charge in [-0.05, 0) is 31.2 Å². The van der Waals surface area contributed by atoms with Crippen molar-refractivity contribution >= 4 is 5.78 Å². The van der Waals surface area contributed by atoms with Crippen molar-refractivity contribution < 1.29 is 19.4 Å². The first kappa shape index (κ1) is 17.6. The highest BCUT2D eigenvalue weighted by Crippen LogP contribution is 2.19. The average Bonchev–Trinajstić information content (AvgIpc) is 2.67. The highest BCUT2D eigenvalue weighted by molar-refractivity contribution is 6.08. The third-order valence-corrected chi connectivity index (χ3v) is 4.25. The van der Waals surface area contributed by atoms with Crippen LogP contribution in [0.4, 0.5) is 0 Å². The zero-order valence-corrected chi connectivity index (χ0v) is 14.2. The van der Waals surface area contributed by atoms with Crippen LogP contribution in [0, 0.1) is 0 Å². The summed E-state index contributed by atoms with van der Waals surface area (Å²) in [7, 11) is 0. The van der Waals surface area contributed by atoms with Gasteiger partial charge in [-0.1, -0.05) is 30.3 Å². The number of aliphatic hydroxyl groups excluding tert-OH is 1. The maximum absolute atomic E-state index is 12.4. The van der Waals surface area contributed by atoms with Crippen molar-refractivity contribution in [1.29, 1.82) is 0 Å². The first-order chi connectivity index (χ1) is 12.1. The SMILES string of the molecule is CC(O)C(Oc1ccc(C(=O)c2ccccc2)cc1)C1COCCN1. The number of hydrogen-bond acceptors (Lipinski definition) is 5. The van der Waals surface area contributed by atoms with E-state index in [1.807, 2.05) is 18.2 Å². The molecule has 0 radical (unpaired) electrons. The molecule has 0 spiro atoms. The van der Waals surface area contributed by atoms with Crippen LogP contribution in [0.3, 0.4) is 0 Å². The van der Waals surface area contributed by atoms with Crippen molar-refractivity contribution in [3.05, 3.63) is 65.7 Å². The third kappa shape index (κ3) is 4.45. The molecule has 3 rings (SSSR count). The van der Waals surface area contributed by atoms with Crippen LogP contribution in [-0.4, -0.2) is 48.9 Å². The van der Waals surface area contributed by atoms with Crippen LogP contribution in [0.5, 0.6) is 5.75 Å². The standard InChI is InChI=1S/C20H23NO4/c1-14(22)20(18-13-24-12-11-21-18)25-17-9-7-16(8-10-17)19(23)15-5-3-2-4-6-15/h2-10,14,18,20-22H,11-13H2,1H3. The fourth-order valence-corrected chi connectivity index (χ4v) is 2.91. The lowest BCUT2D eigenvalue weighted by atomic mass is 10.0. The van der Waals surface area contributed by atoms with Crippen molar-refractivity contribution in [3.8, 4) is 5.75 Å². The first-order valence-corrected chi connectivity index (χ1v) is 8.51. The molecule has 132 valence electrons. The van der Waals surface area contributed by atoms with Gasteiger partial charge in [0.1, 0.15) is 11.9 Å². The van der Waals surface area contributed by atoms with Crippen LogP contribution in [0.15, 0.2) is 54.6 Å². The van der Waals surface area contributed by atoms with Crippen LogP contribution in [0.1, 0.15) is 22.8 Å². The van der Waals surface area contributed by atoms with E-state index in [-0.39, 0.29) is 11.8 Å². The Morgan fingerprint density at radius 1 is 1.16 bits per heavy atom. The van der Waals surface area contributed by atoms with Crippen molar-refractivity contribution in [2.75, 3.05) is 19.8 Å². The van der Waals surface area contributed by atoms with Crippen LogP contribution >= 0.6 is 0 Å². The molecule has 0 bridgehead atoms. The van der Waals surface area contributed by atoms with Crippen molar-refractivity contribution in [1.82, 2.24) is 5.32 Å². The Morgan fingerprint density at radius 3 is 2.44 bits per heavy atom. The smallest absolute Gasteiger partial charge is 0.193 e. The topological polar surface area (TPSA) is 67.8 Å². The molecule has 1 fully saturated rings.